The standard InChI is InChI=1S/C17H18O/c1-13(2)16-10-6-9-15(12-18)17(16)11-14-7-4-3-5-8-14/h3-10,12-13H,11H2,1-2H3. The summed E-state index contributed by atoms with van der Waals surface area (Å²) in [7, 11) is 0. The summed E-state index contributed by atoms with van der Waals surface area (Å²) >= 11 is 0. The molecule has 2 aromatic rings. The average Bonchev–Trinajstić information content (AvgIpc) is 2.40. The Bertz CT molecular complexity index is 527. The maximum absolute atomic E-state index is 11.2. The first-order valence-corrected chi connectivity index (χ1v) is 6.33. The second kappa shape index (κ2) is 5.63. The zero-order valence-corrected chi connectivity index (χ0v) is 10.9. The normalized spacial score (nSPS) is 10.6. The SMILES string of the molecule is CC(C)c1cccc(C=O)c1Cc1ccccc1. The first kappa shape index (κ1) is 12.6. The molecule has 2 aromatic carbocycles. The molecule has 0 radical (unpaired) electrons. The Morgan fingerprint density at radius 3 is 2.33 bits per heavy atom. The summed E-state index contributed by atoms with van der Waals surface area (Å²) in [4.78, 5) is 11.2. The van der Waals surface area contributed by atoms with Crippen LogP contribution in [0.1, 0.15) is 46.8 Å². The summed E-state index contributed by atoms with van der Waals surface area (Å²) in [5.41, 5.74) is 4.48. The van der Waals surface area contributed by atoms with Crippen LogP contribution in [0.3, 0.4) is 0 Å². The van der Waals surface area contributed by atoms with Gasteiger partial charge in [-0.05, 0) is 29.0 Å². The minimum Gasteiger partial charge on any atom is -0.298 e. The highest BCUT2D eigenvalue weighted by molar-refractivity contribution is 5.78. The highest BCUT2D eigenvalue weighted by Gasteiger charge is 2.11. The van der Waals surface area contributed by atoms with Crippen LogP contribution < -0.4 is 0 Å². The lowest BCUT2D eigenvalue weighted by Crippen LogP contribution is -2.02. The van der Waals surface area contributed by atoms with E-state index in [4.69, 9.17) is 0 Å². The van der Waals surface area contributed by atoms with E-state index in [0.717, 1.165) is 23.8 Å². The molecule has 2 rings (SSSR count). The summed E-state index contributed by atoms with van der Waals surface area (Å²) in [6.07, 6.45) is 1.79. The van der Waals surface area contributed by atoms with E-state index < -0.39 is 0 Å². The summed E-state index contributed by atoms with van der Waals surface area (Å²) < 4.78 is 0. The third-order valence-electron chi connectivity index (χ3n) is 3.22. The number of benzene rings is 2. The number of hydrogen-bond donors (Lipinski definition) is 0. The second-order valence-corrected chi connectivity index (χ2v) is 4.85. The van der Waals surface area contributed by atoms with Gasteiger partial charge in [-0.2, -0.15) is 0 Å². The van der Waals surface area contributed by atoms with E-state index in [1.807, 2.05) is 30.3 Å². The zero-order chi connectivity index (χ0) is 13.0. The molecule has 0 spiro atoms. The van der Waals surface area contributed by atoms with Gasteiger partial charge in [0.2, 0.25) is 0 Å². The summed E-state index contributed by atoms with van der Waals surface area (Å²) in [5, 5.41) is 0. The number of aldehydes is 1. The molecule has 0 N–H and O–H groups in total. The Kier molecular flexibility index (Phi) is 3.93. The molecule has 0 atom stereocenters. The highest BCUT2D eigenvalue weighted by atomic mass is 16.1. The third kappa shape index (κ3) is 2.67. The molecule has 0 aliphatic carbocycles. The van der Waals surface area contributed by atoms with Crippen LogP contribution in [0, 0.1) is 0 Å². The molecule has 0 saturated heterocycles. The first-order valence-electron chi connectivity index (χ1n) is 6.33. The van der Waals surface area contributed by atoms with Crippen molar-refractivity contribution >= 4 is 6.29 Å². The van der Waals surface area contributed by atoms with Crippen molar-refractivity contribution in [2.24, 2.45) is 0 Å². The van der Waals surface area contributed by atoms with Gasteiger partial charge >= 0.3 is 0 Å². The summed E-state index contributed by atoms with van der Waals surface area (Å²) in [5.74, 6) is 0.434. The minimum absolute atomic E-state index is 0.434. The number of carbonyl (C=O) groups excluding carboxylic acids is 1. The van der Waals surface area contributed by atoms with E-state index in [0.29, 0.717) is 5.92 Å². The molecule has 0 aliphatic heterocycles. The van der Waals surface area contributed by atoms with Gasteiger partial charge in [0, 0.05) is 5.56 Å². The van der Waals surface area contributed by atoms with E-state index in [2.05, 4.69) is 32.0 Å². The molecular weight excluding hydrogens is 220 g/mol. The van der Waals surface area contributed by atoms with E-state index in [1.165, 1.54) is 11.1 Å². The van der Waals surface area contributed by atoms with Crippen molar-refractivity contribution in [3.63, 3.8) is 0 Å². The van der Waals surface area contributed by atoms with Crippen molar-refractivity contribution in [1.82, 2.24) is 0 Å². The predicted octanol–water partition coefficient (Wildman–Crippen LogP) is 4.21. The minimum atomic E-state index is 0.434. The molecule has 92 valence electrons. The van der Waals surface area contributed by atoms with Gasteiger partial charge in [-0.3, -0.25) is 4.79 Å². The van der Waals surface area contributed by atoms with Crippen LogP contribution >= 0.6 is 0 Å². The van der Waals surface area contributed by atoms with E-state index in [-0.39, 0.29) is 0 Å². The van der Waals surface area contributed by atoms with Crippen LogP contribution in [0.15, 0.2) is 48.5 Å². The van der Waals surface area contributed by atoms with Crippen LogP contribution in [0.25, 0.3) is 0 Å². The maximum Gasteiger partial charge on any atom is 0.150 e. The van der Waals surface area contributed by atoms with Gasteiger partial charge in [0.15, 0.2) is 0 Å². The predicted molar refractivity (Wildman–Crippen MR) is 75.2 cm³/mol. The molecule has 0 aromatic heterocycles. The second-order valence-electron chi connectivity index (χ2n) is 4.85. The Balaban J connectivity index is 2.44. The van der Waals surface area contributed by atoms with Crippen molar-refractivity contribution in [3.8, 4) is 0 Å². The lowest BCUT2D eigenvalue weighted by atomic mass is 9.90. The fourth-order valence-electron chi connectivity index (χ4n) is 2.28. The van der Waals surface area contributed by atoms with Gasteiger partial charge in [-0.1, -0.05) is 62.4 Å². The van der Waals surface area contributed by atoms with E-state index in [9.17, 15) is 4.79 Å². The van der Waals surface area contributed by atoms with Crippen LogP contribution in [-0.2, 0) is 6.42 Å². The average molecular weight is 238 g/mol. The van der Waals surface area contributed by atoms with Crippen LogP contribution in [0.5, 0.6) is 0 Å². The third-order valence-corrected chi connectivity index (χ3v) is 3.22. The Morgan fingerprint density at radius 2 is 1.72 bits per heavy atom. The molecule has 1 heteroatoms. The quantitative estimate of drug-likeness (QED) is 0.729. The van der Waals surface area contributed by atoms with Gasteiger partial charge in [0.1, 0.15) is 6.29 Å². The van der Waals surface area contributed by atoms with Gasteiger partial charge in [0.05, 0.1) is 0 Å². The lowest BCUT2D eigenvalue weighted by molar-refractivity contribution is 0.112. The molecule has 0 fully saturated rings. The molecule has 0 saturated carbocycles. The van der Waals surface area contributed by atoms with E-state index >= 15 is 0 Å². The van der Waals surface area contributed by atoms with E-state index in [1.54, 1.807) is 0 Å². The Hall–Kier alpha value is -1.89. The lowest BCUT2D eigenvalue weighted by Gasteiger charge is -2.15. The van der Waals surface area contributed by atoms with Crippen molar-refractivity contribution in [2.45, 2.75) is 26.2 Å². The van der Waals surface area contributed by atoms with Crippen LogP contribution in [0.4, 0.5) is 0 Å². The largest absolute Gasteiger partial charge is 0.298 e. The van der Waals surface area contributed by atoms with Crippen molar-refractivity contribution < 1.29 is 4.79 Å². The molecule has 0 bridgehead atoms. The number of hydrogen-bond acceptors (Lipinski definition) is 1. The highest BCUT2D eigenvalue weighted by Crippen LogP contribution is 2.24. The van der Waals surface area contributed by atoms with Crippen molar-refractivity contribution in [1.29, 1.82) is 0 Å². The summed E-state index contributed by atoms with van der Waals surface area (Å²) in [6, 6.07) is 16.3. The monoisotopic (exact) mass is 238 g/mol. The zero-order valence-electron chi connectivity index (χ0n) is 10.9. The molecule has 0 amide bonds. The smallest absolute Gasteiger partial charge is 0.150 e. The van der Waals surface area contributed by atoms with Crippen LogP contribution in [0.2, 0.25) is 0 Å². The molecule has 18 heavy (non-hydrogen) atoms. The summed E-state index contributed by atoms with van der Waals surface area (Å²) in [6.45, 7) is 4.33. The van der Waals surface area contributed by atoms with Gasteiger partial charge < -0.3 is 0 Å². The Labute approximate surface area is 108 Å². The first-order chi connectivity index (χ1) is 8.72. The molecule has 0 unspecified atom stereocenters. The number of carbonyl (C=O) groups is 1. The number of rotatable bonds is 4. The molecule has 0 heterocycles. The van der Waals surface area contributed by atoms with Gasteiger partial charge in [0.25, 0.3) is 0 Å². The van der Waals surface area contributed by atoms with Gasteiger partial charge in [-0.15, -0.1) is 0 Å². The maximum atomic E-state index is 11.2. The Morgan fingerprint density at radius 1 is 1.00 bits per heavy atom. The fourth-order valence-corrected chi connectivity index (χ4v) is 2.28. The van der Waals surface area contributed by atoms with Crippen molar-refractivity contribution in [2.75, 3.05) is 0 Å². The fraction of sp³-hybridized carbons (Fsp3) is 0.235. The molecular formula is C17H18O. The molecule has 0 aliphatic rings. The van der Waals surface area contributed by atoms with Gasteiger partial charge in [-0.25, -0.2) is 0 Å². The van der Waals surface area contributed by atoms with Crippen LogP contribution in [-0.4, -0.2) is 6.29 Å². The molecule has 1 nitrogen and oxygen atoms in total. The van der Waals surface area contributed by atoms with Crippen molar-refractivity contribution in [3.05, 3.63) is 70.8 Å². The topological polar surface area (TPSA) is 17.1 Å².